The predicted octanol–water partition coefficient (Wildman–Crippen LogP) is 5.94. The lowest BCUT2D eigenvalue weighted by Crippen LogP contribution is -2.40. The minimum atomic E-state index is -0.357. The second-order valence-electron chi connectivity index (χ2n) is 11.6. The number of halogens is 1. The van der Waals surface area contributed by atoms with E-state index >= 15 is 0 Å². The van der Waals surface area contributed by atoms with Crippen molar-refractivity contribution < 1.29 is 14.0 Å². The molecule has 210 valence electrons. The molecule has 0 fully saturated rings. The van der Waals surface area contributed by atoms with Crippen molar-refractivity contribution in [1.29, 1.82) is 0 Å². The van der Waals surface area contributed by atoms with Crippen LogP contribution in [0.25, 0.3) is 10.9 Å². The van der Waals surface area contributed by atoms with Crippen LogP contribution in [0.15, 0.2) is 54.7 Å². The average molecular weight is 535 g/mol. The van der Waals surface area contributed by atoms with Gasteiger partial charge in [0, 0.05) is 50.0 Å². The van der Waals surface area contributed by atoms with Crippen LogP contribution in [0.2, 0.25) is 0 Å². The van der Waals surface area contributed by atoms with E-state index in [1.807, 2.05) is 64.7 Å². The van der Waals surface area contributed by atoms with Gasteiger partial charge in [0.25, 0.3) is 0 Å². The van der Waals surface area contributed by atoms with Crippen LogP contribution in [0.1, 0.15) is 52.5 Å². The van der Waals surface area contributed by atoms with Crippen molar-refractivity contribution in [2.45, 2.75) is 60.0 Å². The van der Waals surface area contributed by atoms with Crippen molar-refractivity contribution >= 4 is 28.4 Å². The molecule has 2 aromatic carbocycles. The topological polar surface area (TPSA) is 48.8 Å². The fraction of sp³-hybridized carbons (Fsp3) is 0.500. The number of anilines is 1. The molecule has 0 saturated carbocycles. The molecule has 0 atom stereocenters. The van der Waals surface area contributed by atoms with Gasteiger partial charge in [-0.2, -0.15) is 0 Å². The molecule has 7 heteroatoms. The highest BCUT2D eigenvalue weighted by Crippen LogP contribution is 2.27. The molecule has 3 aromatic rings. The maximum atomic E-state index is 14.6. The standard InChI is InChI=1S/C32H43FN4O2/c1-24(2)19-31(38)37-17-8-15-34(21-25(3)4)14-7-16-36(22-27-20-28(33)11-12-30(27)37)32(39)23-35-18-13-26-9-5-6-10-29(26)35/h5-6,9-13,18,20,24-25H,7-8,14-17,19,21-23H2,1-4H3. The summed E-state index contributed by atoms with van der Waals surface area (Å²) in [6, 6.07) is 14.7. The van der Waals surface area contributed by atoms with Gasteiger partial charge in [-0.05, 0) is 79.0 Å². The van der Waals surface area contributed by atoms with E-state index in [0.29, 0.717) is 36.7 Å². The maximum Gasteiger partial charge on any atom is 0.242 e. The number of amides is 2. The molecule has 1 aliphatic heterocycles. The monoisotopic (exact) mass is 534 g/mol. The van der Waals surface area contributed by atoms with Crippen LogP contribution in [0.5, 0.6) is 0 Å². The van der Waals surface area contributed by atoms with Crippen LogP contribution in [-0.2, 0) is 22.7 Å². The number of fused-ring (bicyclic) bond motifs is 2. The Morgan fingerprint density at radius 2 is 1.62 bits per heavy atom. The quantitative estimate of drug-likeness (QED) is 0.393. The zero-order chi connectivity index (χ0) is 27.9. The fourth-order valence-corrected chi connectivity index (χ4v) is 5.55. The Kier molecular flexibility index (Phi) is 9.78. The van der Waals surface area contributed by atoms with E-state index in [2.05, 4.69) is 18.7 Å². The number of rotatable bonds is 6. The Bertz CT molecular complexity index is 1270. The van der Waals surface area contributed by atoms with Crippen LogP contribution < -0.4 is 4.90 Å². The van der Waals surface area contributed by atoms with Gasteiger partial charge in [-0.15, -0.1) is 0 Å². The summed E-state index contributed by atoms with van der Waals surface area (Å²) >= 11 is 0. The molecule has 2 amide bonds. The van der Waals surface area contributed by atoms with Crippen molar-refractivity contribution in [2.75, 3.05) is 37.6 Å². The Balaban J connectivity index is 1.67. The van der Waals surface area contributed by atoms with Gasteiger partial charge >= 0.3 is 0 Å². The highest BCUT2D eigenvalue weighted by atomic mass is 19.1. The first kappa shape index (κ1) is 28.8. The number of benzene rings is 2. The van der Waals surface area contributed by atoms with E-state index < -0.39 is 0 Å². The van der Waals surface area contributed by atoms with Gasteiger partial charge in [0.15, 0.2) is 0 Å². The molecule has 0 bridgehead atoms. The first-order valence-corrected chi connectivity index (χ1v) is 14.3. The number of aromatic nitrogens is 1. The highest BCUT2D eigenvalue weighted by Gasteiger charge is 2.24. The normalized spacial score (nSPS) is 15.9. The van der Waals surface area contributed by atoms with E-state index in [1.54, 1.807) is 6.07 Å². The average Bonchev–Trinajstić information content (AvgIpc) is 3.27. The molecule has 1 aromatic heterocycles. The third-order valence-electron chi connectivity index (χ3n) is 7.30. The number of nitrogens with zero attached hydrogens (tertiary/aromatic N) is 4. The Morgan fingerprint density at radius 3 is 2.36 bits per heavy atom. The zero-order valence-electron chi connectivity index (χ0n) is 23.9. The number of hydrogen-bond acceptors (Lipinski definition) is 3. The van der Waals surface area contributed by atoms with E-state index in [-0.39, 0.29) is 36.6 Å². The molecule has 0 N–H and O–H groups in total. The number of para-hydroxylation sites is 1. The Labute approximate surface area is 232 Å². The van der Waals surface area contributed by atoms with E-state index in [1.165, 1.54) is 12.1 Å². The largest absolute Gasteiger partial charge is 0.338 e. The third-order valence-corrected chi connectivity index (χ3v) is 7.30. The minimum absolute atomic E-state index is 0.0147. The summed E-state index contributed by atoms with van der Waals surface area (Å²) in [7, 11) is 0. The van der Waals surface area contributed by atoms with Crippen LogP contribution in [0.4, 0.5) is 10.1 Å². The molecule has 6 nitrogen and oxygen atoms in total. The van der Waals surface area contributed by atoms with E-state index in [0.717, 1.165) is 43.4 Å². The van der Waals surface area contributed by atoms with Crippen LogP contribution in [-0.4, -0.2) is 58.9 Å². The van der Waals surface area contributed by atoms with Gasteiger partial charge in [-0.25, -0.2) is 4.39 Å². The molecule has 0 unspecified atom stereocenters. The van der Waals surface area contributed by atoms with Crippen molar-refractivity contribution in [3.63, 3.8) is 0 Å². The predicted molar refractivity (Wildman–Crippen MR) is 156 cm³/mol. The highest BCUT2D eigenvalue weighted by molar-refractivity contribution is 5.94. The summed E-state index contributed by atoms with van der Waals surface area (Å²) in [5.74, 6) is 0.417. The molecule has 4 rings (SSSR count). The minimum Gasteiger partial charge on any atom is -0.338 e. The molecule has 0 aliphatic carbocycles. The molecule has 0 saturated heterocycles. The Hall–Kier alpha value is -3.19. The molecule has 0 radical (unpaired) electrons. The van der Waals surface area contributed by atoms with E-state index in [9.17, 15) is 14.0 Å². The second-order valence-corrected chi connectivity index (χ2v) is 11.6. The molecule has 1 aliphatic rings. The summed E-state index contributed by atoms with van der Waals surface area (Å²) < 4.78 is 16.5. The van der Waals surface area contributed by atoms with Crippen LogP contribution in [0.3, 0.4) is 0 Å². The van der Waals surface area contributed by atoms with Crippen molar-refractivity contribution in [3.8, 4) is 0 Å². The number of hydrogen-bond donors (Lipinski definition) is 0. The lowest BCUT2D eigenvalue weighted by Gasteiger charge is -2.32. The van der Waals surface area contributed by atoms with Gasteiger partial charge in [0.1, 0.15) is 12.4 Å². The van der Waals surface area contributed by atoms with Gasteiger partial charge < -0.3 is 19.3 Å². The smallest absolute Gasteiger partial charge is 0.242 e. The summed E-state index contributed by atoms with van der Waals surface area (Å²) in [5, 5.41) is 1.09. The van der Waals surface area contributed by atoms with Crippen molar-refractivity contribution in [2.24, 2.45) is 11.8 Å². The lowest BCUT2D eigenvalue weighted by molar-refractivity contribution is -0.132. The van der Waals surface area contributed by atoms with Crippen LogP contribution in [0, 0.1) is 17.7 Å². The maximum absolute atomic E-state index is 14.6. The summed E-state index contributed by atoms with van der Waals surface area (Å²) in [6.45, 7) is 12.9. The third kappa shape index (κ3) is 7.69. The molecular weight excluding hydrogens is 491 g/mol. The van der Waals surface area contributed by atoms with Crippen molar-refractivity contribution in [1.82, 2.24) is 14.4 Å². The molecule has 39 heavy (non-hydrogen) atoms. The number of carbonyl (C=O) groups excluding carboxylic acids is 2. The molecular formula is C32H43FN4O2. The van der Waals surface area contributed by atoms with Crippen LogP contribution >= 0.6 is 0 Å². The van der Waals surface area contributed by atoms with Gasteiger partial charge in [0.2, 0.25) is 11.8 Å². The summed E-state index contributed by atoms with van der Waals surface area (Å²) in [6.07, 6.45) is 4.06. The first-order chi connectivity index (χ1) is 18.7. The molecule has 0 spiro atoms. The fourth-order valence-electron chi connectivity index (χ4n) is 5.55. The first-order valence-electron chi connectivity index (χ1n) is 14.3. The molecule has 2 heterocycles. The van der Waals surface area contributed by atoms with Gasteiger partial charge in [-0.3, -0.25) is 9.59 Å². The second kappa shape index (κ2) is 13.2. The van der Waals surface area contributed by atoms with Gasteiger partial charge in [-0.1, -0.05) is 45.9 Å². The summed E-state index contributed by atoms with van der Waals surface area (Å²) in [5.41, 5.74) is 2.40. The number of carbonyl (C=O) groups is 2. The van der Waals surface area contributed by atoms with Crippen molar-refractivity contribution in [3.05, 3.63) is 66.1 Å². The van der Waals surface area contributed by atoms with E-state index in [4.69, 9.17) is 0 Å². The summed E-state index contributed by atoms with van der Waals surface area (Å²) in [4.78, 5) is 33.3. The Morgan fingerprint density at radius 1 is 0.872 bits per heavy atom. The zero-order valence-corrected chi connectivity index (χ0v) is 23.9. The van der Waals surface area contributed by atoms with Gasteiger partial charge in [0.05, 0.1) is 0 Å². The lowest BCUT2D eigenvalue weighted by atomic mass is 10.1. The SMILES string of the molecule is CC(C)CC(=O)N1CCCN(CC(C)C)CCCN(C(=O)Cn2ccc3ccccc32)Cc2cc(F)ccc21.